The van der Waals surface area contributed by atoms with Crippen molar-refractivity contribution in [3.8, 4) is 17.2 Å². The molecule has 1 aromatic heterocycles. The quantitative estimate of drug-likeness (QED) is 0.638. The molecule has 1 aliphatic heterocycles. The van der Waals surface area contributed by atoms with E-state index in [4.69, 9.17) is 10.7 Å². The van der Waals surface area contributed by atoms with Gasteiger partial charge in [0.1, 0.15) is 0 Å². The number of hydrogen-bond acceptors (Lipinski definition) is 6. The van der Waals surface area contributed by atoms with Crippen LogP contribution < -0.4 is 11.1 Å². The van der Waals surface area contributed by atoms with Crippen molar-refractivity contribution < 1.29 is 4.79 Å². The van der Waals surface area contributed by atoms with E-state index in [0.717, 1.165) is 29.0 Å². The summed E-state index contributed by atoms with van der Waals surface area (Å²) in [6.07, 6.45) is 8.43. The predicted molar refractivity (Wildman–Crippen MR) is 129 cm³/mol. The molecule has 32 heavy (non-hydrogen) atoms. The van der Waals surface area contributed by atoms with E-state index >= 15 is 0 Å². The van der Waals surface area contributed by atoms with Crippen LogP contribution in [0.25, 0.3) is 11.1 Å². The van der Waals surface area contributed by atoms with Crippen LogP contribution in [-0.2, 0) is 4.79 Å². The van der Waals surface area contributed by atoms with E-state index in [-0.39, 0.29) is 23.8 Å². The van der Waals surface area contributed by atoms with Crippen LogP contribution in [0.1, 0.15) is 61.4 Å². The highest BCUT2D eigenvalue weighted by molar-refractivity contribution is 7.10. The maximum Gasteiger partial charge on any atom is 0.234 e. The van der Waals surface area contributed by atoms with Crippen molar-refractivity contribution in [2.45, 2.75) is 57.0 Å². The third-order valence-corrected chi connectivity index (χ3v) is 7.63. The zero-order chi connectivity index (χ0) is 22.5. The highest BCUT2D eigenvalue weighted by atomic mass is 32.1. The predicted octanol–water partition coefficient (Wildman–Crippen LogP) is 4.43. The smallest absolute Gasteiger partial charge is 0.234 e. The van der Waals surface area contributed by atoms with Gasteiger partial charge in [-0.1, -0.05) is 37.8 Å². The van der Waals surface area contributed by atoms with Crippen LogP contribution in [0.3, 0.4) is 0 Å². The Labute approximate surface area is 194 Å². The summed E-state index contributed by atoms with van der Waals surface area (Å²) in [7, 11) is 1.70. The third-order valence-electron chi connectivity index (χ3n) is 6.62. The fourth-order valence-electron chi connectivity index (χ4n) is 4.71. The zero-order valence-corrected chi connectivity index (χ0v) is 19.4. The van der Waals surface area contributed by atoms with Crippen LogP contribution in [0, 0.1) is 17.2 Å². The Kier molecular flexibility index (Phi) is 7.23. The Morgan fingerprint density at radius 2 is 2.00 bits per heavy atom. The van der Waals surface area contributed by atoms with Gasteiger partial charge in [-0.15, -0.1) is 11.3 Å². The average molecular weight is 450 g/mol. The molecule has 0 radical (unpaired) electrons. The zero-order valence-electron chi connectivity index (χ0n) is 18.6. The summed E-state index contributed by atoms with van der Waals surface area (Å²) in [4.78, 5) is 20.4. The molecule has 168 valence electrons. The molecule has 1 unspecified atom stereocenters. The van der Waals surface area contributed by atoms with Gasteiger partial charge < -0.3 is 11.1 Å². The number of amides is 1. The van der Waals surface area contributed by atoms with E-state index in [0.29, 0.717) is 11.6 Å². The lowest BCUT2D eigenvalue weighted by atomic mass is 9.91. The van der Waals surface area contributed by atoms with Crippen molar-refractivity contribution in [3.05, 3.63) is 46.2 Å². The summed E-state index contributed by atoms with van der Waals surface area (Å²) < 4.78 is 0. The average Bonchev–Trinajstić information content (AvgIpc) is 3.16. The summed E-state index contributed by atoms with van der Waals surface area (Å²) >= 11 is 1.60. The van der Waals surface area contributed by atoms with Crippen LogP contribution >= 0.6 is 11.3 Å². The summed E-state index contributed by atoms with van der Waals surface area (Å²) in [6.45, 7) is 0.809. The molecule has 0 saturated heterocycles. The van der Waals surface area contributed by atoms with Gasteiger partial charge in [0.05, 0.1) is 23.6 Å². The van der Waals surface area contributed by atoms with Gasteiger partial charge in [-0.05, 0) is 60.5 Å². The molecular formula is C25H31N5OS. The van der Waals surface area contributed by atoms with E-state index in [2.05, 4.69) is 22.8 Å². The van der Waals surface area contributed by atoms with E-state index in [1.165, 1.54) is 43.4 Å². The fourth-order valence-corrected chi connectivity index (χ4v) is 5.73. The maximum absolute atomic E-state index is 13.1. The van der Waals surface area contributed by atoms with Gasteiger partial charge in [0.15, 0.2) is 5.96 Å². The number of rotatable bonds is 6. The molecule has 2 aliphatic rings. The molecule has 6 nitrogen and oxygen atoms in total. The molecule has 1 aliphatic carbocycles. The van der Waals surface area contributed by atoms with E-state index in [1.807, 2.05) is 18.2 Å². The number of benzene rings is 1. The molecular weight excluding hydrogens is 418 g/mol. The van der Waals surface area contributed by atoms with Gasteiger partial charge in [-0.2, -0.15) is 5.26 Å². The lowest BCUT2D eigenvalue weighted by molar-refractivity contribution is -0.132. The molecule has 0 spiro atoms. The van der Waals surface area contributed by atoms with Gasteiger partial charge in [0.25, 0.3) is 0 Å². The van der Waals surface area contributed by atoms with Crippen LogP contribution in [0.2, 0.25) is 0 Å². The second-order valence-corrected chi connectivity index (χ2v) is 9.74. The minimum atomic E-state index is -0.271. The van der Waals surface area contributed by atoms with Gasteiger partial charge in [-0.3, -0.25) is 9.69 Å². The van der Waals surface area contributed by atoms with Gasteiger partial charge in [-0.25, -0.2) is 4.99 Å². The van der Waals surface area contributed by atoms with Crippen molar-refractivity contribution in [1.82, 2.24) is 10.2 Å². The lowest BCUT2D eigenvalue weighted by Crippen LogP contribution is -2.48. The Morgan fingerprint density at radius 1 is 1.22 bits per heavy atom. The second kappa shape index (κ2) is 10.3. The molecule has 4 rings (SSSR count). The molecule has 7 heteroatoms. The van der Waals surface area contributed by atoms with Crippen LogP contribution in [0.5, 0.6) is 0 Å². The first-order valence-corrected chi connectivity index (χ1v) is 12.4. The molecule has 1 fully saturated rings. The number of nitrogens with one attached hydrogen (secondary N) is 1. The molecule has 0 bridgehead atoms. The molecule has 2 heterocycles. The maximum atomic E-state index is 13.1. The van der Waals surface area contributed by atoms with E-state index < -0.39 is 0 Å². The number of nitrogens with two attached hydrogens (primary N) is 1. The van der Waals surface area contributed by atoms with Gasteiger partial charge in [0.2, 0.25) is 5.91 Å². The minimum absolute atomic E-state index is 0.0339. The lowest BCUT2D eigenvalue weighted by Gasteiger charge is -2.33. The number of hydrogen-bond donors (Lipinski definition) is 2. The van der Waals surface area contributed by atoms with Crippen LogP contribution in [0.15, 0.2) is 40.7 Å². The van der Waals surface area contributed by atoms with Crippen molar-refractivity contribution >= 4 is 23.2 Å². The van der Waals surface area contributed by atoms with Crippen molar-refractivity contribution in [2.24, 2.45) is 16.6 Å². The molecule has 3 N–H and O–H groups in total. The standard InChI is InChI=1S/C25H31N5OS/c1-30-24(31)21(11-12-28-20-9-4-2-3-5-10-20)23(29-25(30)27)22-14-19(16-32-22)18-8-6-7-17(13-18)15-26/h6-8,13-14,16,20-21,23,28H,2-5,9-12H2,1H3,(H2,27,29)/t21-,23?/m1/s1. The number of carbonyl (C=O) groups is 1. The summed E-state index contributed by atoms with van der Waals surface area (Å²) in [6, 6.07) is 12.1. The number of guanidine groups is 1. The number of thiophene rings is 1. The largest absolute Gasteiger partial charge is 0.369 e. The highest BCUT2D eigenvalue weighted by Gasteiger charge is 2.37. The summed E-state index contributed by atoms with van der Waals surface area (Å²) in [5, 5.41) is 15.0. The third kappa shape index (κ3) is 5.03. The molecule has 1 amide bonds. The number of nitriles is 1. The van der Waals surface area contributed by atoms with Crippen molar-refractivity contribution in [2.75, 3.05) is 13.6 Å². The number of aliphatic imine (C=N–C) groups is 1. The molecule has 1 saturated carbocycles. The topological polar surface area (TPSA) is 94.5 Å². The van der Waals surface area contributed by atoms with Crippen LogP contribution in [0.4, 0.5) is 0 Å². The van der Waals surface area contributed by atoms with Gasteiger partial charge in [0, 0.05) is 18.0 Å². The number of nitrogens with zero attached hydrogens (tertiary/aromatic N) is 3. The Balaban J connectivity index is 1.51. The molecule has 1 aromatic carbocycles. The minimum Gasteiger partial charge on any atom is -0.369 e. The van der Waals surface area contributed by atoms with E-state index in [1.54, 1.807) is 24.5 Å². The second-order valence-electron chi connectivity index (χ2n) is 8.80. The Morgan fingerprint density at radius 3 is 2.75 bits per heavy atom. The summed E-state index contributed by atoms with van der Waals surface area (Å²) in [5.74, 6) is 0.0727. The first-order valence-electron chi connectivity index (χ1n) is 11.5. The Hall–Kier alpha value is -2.69. The molecule has 2 atom stereocenters. The fraction of sp³-hybridized carbons (Fsp3) is 0.480. The van der Waals surface area contributed by atoms with Gasteiger partial charge >= 0.3 is 0 Å². The monoisotopic (exact) mass is 449 g/mol. The highest BCUT2D eigenvalue weighted by Crippen LogP contribution is 2.38. The van der Waals surface area contributed by atoms with Crippen molar-refractivity contribution in [3.63, 3.8) is 0 Å². The normalized spacial score (nSPS) is 22.3. The van der Waals surface area contributed by atoms with Crippen LogP contribution in [-0.4, -0.2) is 36.4 Å². The first-order chi connectivity index (χ1) is 15.6. The summed E-state index contributed by atoms with van der Waals surface area (Å²) in [5.41, 5.74) is 8.75. The Bertz CT molecular complexity index is 1020. The SMILES string of the molecule is CN1C(=O)[C@H](CCNC2CCCCCC2)C(c2cc(-c3cccc(C#N)c3)cs2)N=C1N. The number of carbonyl (C=O) groups excluding carboxylic acids is 1. The van der Waals surface area contributed by atoms with Crippen molar-refractivity contribution in [1.29, 1.82) is 5.26 Å². The first kappa shape index (κ1) is 22.5. The molecule has 2 aromatic rings. The van der Waals surface area contributed by atoms with E-state index in [9.17, 15) is 10.1 Å².